The van der Waals surface area contributed by atoms with E-state index >= 15 is 0 Å². The zero-order valence-corrected chi connectivity index (χ0v) is 27.6. The van der Waals surface area contributed by atoms with Gasteiger partial charge in [0.25, 0.3) is 10.1 Å². The maximum Gasteiger partial charge on any atom is 0.296 e. The molecule has 47 heavy (non-hydrogen) atoms. The lowest BCUT2D eigenvalue weighted by molar-refractivity contribution is 0.181. The van der Waals surface area contributed by atoms with Crippen LogP contribution in [0, 0.1) is 19.8 Å². The number of rotatable bonds is 6. The molecule has 242 valence electrons. The van der Waals surface area contributed by atoms with Crippen LogP contribution in [0.15, 0.2) is 96.2 Å². The first kappa shape index (κ1) is 32.3. The summed E-state index contributed by atoms with van der Waals surface area (Å²) in [4.78, 5) is 14.7. The lowest BCUT2D eigenvalue weighted by Crippen LogP contribution is -2.17. The van der Waals surface area contributed by atoms with Crippen molar-refractivity contribution < 1.29 is 17.7 Å². The number of pyridine rings is 1. The Balaban J connectivity index is 0.000000273. The average molecular weight is 650 g/mol. The van der Waals surface area contributed by atoms with E-state index in [1.165, 1.54) is 17.7 Å². The van der Waals surface area contributed by atoms with Crippen molar-refractivity contribution in [2.24, 2.45) is 5.92 Å². The summed E-state index contributed by atoms with van der Waals surface area (Å²) in [7, 11) is -2.37. The quantitative estimate of drug-likeness (QED) is 0.183. The van der Waals surface area contributed by atoms with Gasteiger partial charge in [-0.05, 0) is 75.3 Å². The molecule has 0 spiro atoms. The number of fused-ring (bicyclic) bond motifs is 2. The Labute approximate surface area is 275 Å². The SMILES string of the molecule is COS(=O)(=O)c1ccc(C)cc1.Cc1cc(-c2ccccc2)nc2cc(-c3nc(C4CCC(CO)CC4)n4ccnc(N)c34)ccc12. The van der Waals surface area contributed by atoms with E-state index in [1.807, 2.05) is 31.3 Å². The second-order valence-electron chi connectivity index (χ2n) is 12.1. The number of hydrogen-bond acceptors (Lipinski definition) is 8. The maximum absolute atomic E-state index is 11.1. The van der Waals surface area contributed by atoms with Gasteiger partial charge in [0.05, 0.1) is 23.2 Å². The van der Waals surface area contributed by atoms with Crippen LogP contribution in [0.3, 0.4) is 0 Å². The Morgan fingerprint density at radius 3 is 2.32 bits per heavy atom. The first-order chi connectivity index (χ1) is 22.7. The molecule has 0 atom stereocenters. The number of benzene rings is 3. The van der Waals surface area contributed by atoms with Crippen LogP contribution >= 0.6 is 0 Å². The molecule has 1 aliphatic rings. The third-order valence-electron chi connectivity index (χ3n) is 8.97. The van der Waals surface area contributed by atoms with E-state index in [0.717, 1.165) is 83.1 Å². The number of imidazole rings is 1. The van der Waals surface area contributed by atoms with Crippen LogP contribution in [0.4, 0.5) is 5.82 Å². The van der Waals surface area contributed by atoms with Crippen LogP contribution in [0.1, 0.15) is 48.6 Å². The number of nitrogens with two attached hydrogens (primary N) is 1. The molecular formula is C37H39N5O4S. The van der Waals surface area contributed by atoms with Crippen molar-refractivity contribution in [3.05, 3.63) is 108 Å². The number of anilines is 1. The molecule has 0 unspecified atom stereocenters. The summed E-state index contributed by atoms with van der Waals surface area (Å²) in [6, 6.07) is 25.3. The Bertz CT molecular complexity index is 2120. The van der Waals surface area contributed by atoms with Gasteiger partial charge in [0.1, 0.15) is 22.9 Å². The zero-order valence-electron chi connectivity index (χ0n) is 26.8. The highest BCUT2D eigenvalue weighted by atomic mass is 32.2. The highest BCUT2D eigenvalue weighted by Gasteiger charge is 2.27. The Hall–Kier alpha value is -4.64. The van der Waals surface area contributed by atoms with Gasteiger partial charge in [-0.25, -0.2) is 15.0 Å². The van der Waals surface area contributed by atoms with E-state index in [1.54, 1.807) is 18.3 Å². The highest BCUT2D eigenvalue weighted by Crippen LogP contribution is 2.39. The molecule has 3 aromatic carbocycles. The normalized spacial score (nSPS) is 16.6. The van der Waals surface area contributed by atoms with E-state index in [2.05, 4.69) is 56.9 Å². The number of aromatic nitrogens is 4. The maximum atomic E-state index is 11.1. The molecular weight excluding hydrogens is 611 g/mol. The van der Waals surface area contributed by atoms with E-state index in [4.69, 9.17) is 15.7 Å². The van der Waals surface area contributed by atoms with Gasteiger partial charge in [-0.2, -0.15) is 8.42 Å². The average Bonchev–Trinajstić information content (AvgIpc) is 3.50. The van der Waals surface area contributed by atoms with Gasteiger partial charge in [-0.1, -0.05) is 60.2 Å². The molecule has 0 aliphatic heterocycles. The molecule has 0 amide bonds. The zero-order chi connectivity index (χ0) is 33.1. The summed E-state index contributed by atoms with van der Waals surface area (Å²) in [5, 5.41) is 10.7. The minimum absolute atomic E-state index is 0.190. The summed E-state index contributed by atoms with van der Waals surface area (Å²) in [6.07, 6.45) is 7.79. The molecule has 6 aromatic rings. The fourth-order valence-electron chi connectivity index (χ4n) is 6.29. The summed E-state index contributed by atoms with van der Waals surface area (Å²) < 4.78 is 28.6. The van der Waals surface area contributed by atoms with Crippen molar-refractivity contribution in [1.82, 2.24) is 19.4 Å². The Morgan fingerprint density at radius 1 is 0.915 bits per heavy atom. The molecule has 1 saturated carbocycles. The number of hydrogen-bond donors (Lipinski definition) is 2. The minimum atomic E-state index is -3.51. The van der Waals surface area contributed by atoms with E-state index in [9.17, 15) is 13.5 Å². The van der Waals surface area contributed by atoms with Crippen LogP contribution in [-0.4, -0.2) is 46.6 Å². The minimum Gasteiger partial charge on any atom is -0.396 e. The molecule has 0 radical (unpaired) electrons. The summed E-state index contributed by atoms with van der Waals surface area (Å²) in [5.74, 6) is 2.25. The van der Waals surface area contributed by atoms with Crippen LogP contribution in [-0.2, 0) is 14.3 Å². The topological polar surface area (TPSA) is 133 Å². The first-order valence-corrected chi connectivity index (χ1v) is 17.2. The molecule has 0 saturated heterocycles. The number of aliphatic hydroxyl groups is 1. The van der Waals surface area contributed by atoms with Crippen molar-refractivity contribution in [2.45, 2.75) is 50.3 Å². The standard InChI is InChI=1S/C29H29N5O.C8H10O3S/c1-18-15-24(20-5-3-2-4-6-20)32-25-16-22(11-12-23(18)25)26-27-28(30)31-13-14-34(27)29(33-26)21-9-7-19(17-35)8-10-21;1-7-3-5-8(6-4-7)12(9,10)11-2/h2-6,11-16,19,21,35H,7-10,17H2,1H3,(H2,30,31);3-6H,1-2H3. The van der Waals surface area contributed by atoms with Crippen LogP contribution in [0.25, 0.3) is 38.9 Å². The number of aryl methyl sites for hydroxylation is 2. The fraction of sp³-hybridized carbons (Fsp3) is 0.270. The van der Waals surface area contributed by atoms with Gasteiger partial charge < -0.3 is 10.8 Å². The van der Waals surface area contributed by atoms with E-state index < -0.39 is 10.1 Å². The molecule has 3 N–H and O–H groups in total. The van der Waals surface area contributed by atoms with Gasteiger partial charge in [0, 0.05) is 41.4 Å². The molecule has 7 rings (SSSR count). The van der Waals surface area contributed by atoms with Crippen molar-refractivity contribution in [3.63, 3.8) is 0 Å². The largest absolute Gasteiger partial charge is 0.396 e. The second-order valence-corrected chi connectivity index (χ2v) is 13.8. The molecule has 1 fully saturated rings. The number of nitrogen functional groups attached to an aromatic ring is 1. The van der Waals surface area contributed by atoms with Gasteiger partial charge in [-0.15, -0.1) is 0 Å². The predicted octanol–water partition coefficient (Wildman–Crippen LogP) is 7.10. The van der Waals surface area contributed by atoms with Crippen molar-refractivity contribution in [2.75, 3.05) is 19.5 Å². The molecule has 10 heteroatoms. The summed E-state index contributed by atoms with van der Waals surface area (Å²) in [6.45, 7) is 4.29. The van der Waals surface area contributed by atoms with E-state index in [-0.39, 0.29) is 11.5 Å². The van der Waals surface area contributed by atoms with Crippen LogP contribution in [0.2, 0.25) is 0 Å². The Morgan fingerprint density at radius 2 is 1.64 bits per heavy atom. The smallest absolute Gasteiger partial charge is 0.296 e. The molecule has 1 aliphatic carbocycles. The van der Waals surface area contributed by atoms with E-state index in [0.29, 0.717) is 17.7 Å². The predicted molar refractivity (Wildman–Crippen MR) is 185 cm³/mol. The summed E-state index contributed by atoms with van der Waals surface area (Å²) >= 11 is 0. The lowest BCUT2D eigenvalue weighted by atomic mass is 9.82. The Kier molecular flexibility index (Phi) is 9.35. The number of aliphatic hydroxyl groups excluding tert-OH is 1. The van der Waals surface area contributed by atoms with Crippen molar-refractivity contribution >= 4 is 32.4 Å². The molecule has 3 aromatic heterocycles. The third kappa shape index (κ3) is 6.76. The molecule has 0 bridgehead atoms. The number of nitrogens with zero attached hydrogens (tertiary/aromatic N) is 4. The molecule has 3 heterocycles. The highest BCUT2D eigenvalue weighted by molar-refractivity contribution is 7.86. The van der Waals surface area contributed by atoms with Gasteiger partial charge >= 0.3 is 0 Å². The monoisotopic (exact) mass is 649 g/mol. The fourth-order valence-corrected chi connectivity index (χ4v) is 6.95. The van der Waals surface area contributed by atoms with Crippen molar-refractivity contribution in [3.8, 4) is 22.5 Å². The lowest BCUT2D eigenvalue weighted by Gasteiger charge is -2.26. The van der Waals surface area contributed by atoms with Crippen LogP contribution in [0.5, 0.6) is 0 Å². The van der Waals surface area contributed by atoms with Gasteiger partial charge in [0.15, 0.2) is 0 Å². The van der Waals surface area contributed by atoms with Gasteiger partial charge in [0.2, 0.25) is 0 Å². The first-order valence-electron chi connectivity index (χ1n) is 15.8. The van der Waals surface area contributed by atoms with Crippen molar-refractivity contribution in [1.29, 1.82) is 0 Å². The van der Waals surface area contributed by atoms with Gasteiger partial charge in [-0.3, -0.25) is 8.58 Å². The second kappa shape index (κ2) is 13.6. The third-order valence-corrected chi connectivity index (χ3v) is 10.3. The molecule has 9 nitrogen and oxygen atoms in total. The summed E-state index contributed by atoms with van der Waals surface area (Å²) in [5.41, 5.74) is 14.3. The van der Waals surface area contributed by atoms with Crippen LogP contribution < -0.4 is 5.73 Å².